The van der Waals surface area contributed by atoms with Crippen LogP contribution >= 0.6 is 0 Å². The zero-order chi connectivity index (χ0) is 61.5. The molecule has 0 aromatic carbocycles. The number of aliphatic carboxylic acids is 1. The topological polar surface area (TPSA) is 495 Å². The Hall–Kier alpha value is -5.17. The summed E-state index contributed by atoms with van der Waals surface area (Å²) >= 11 is 0. The SMILES string of the molecule is NCCCC[C@H](NC(=O)CN(CCCCN)C(=O)[C@H](CCCCN)NC(=O)CN(CCCCN)C(=O)[C@H](CCCCN)NC(=O)CN(CCCCN)C(=O)[C@H](CCCCN)NC(=O)CN(CCCCN)C(=O)[C@@H](N)CCCCN)C(=O)O. The first kappa shape index (κ1) is 76.8. The van der Waals surface area contributed by atoms with Crippen LogP contribution in [-0.4, -0.2) is 219 Å². The molecule has 25 N–H and O–H groups in total. The summed E-state index contributed by atoms with van der Waals surface area (Å²) in [5.41, 5.74) is 58.1. The predicted octanol–water partition coefficient (Wildman–Crippen LogP) is -3.75. The standard InChI is InChI=1S/C54H110N18O10/c55-24-6-1-19-41(64)50(77)69(33-15-11-29-60)37-46(73)65-42(20-2-7-25-56)51(78)70(34-16-12-30-61)38-47(74)66-43(21-3-8-26-57)52(79)71(35-17-13-31-62)39-48(75)67-44(22-4-9-27-58)53(80)72(36-18-14-32-63)40-49(76)68-45(54(81)82)23-5-10-28-59/h41-45H,1-40,55-64H2,(H,65,73)(H,66,74)(H,67,75)(H,68,76)(H,81,82)/t41-,42-,43-,44-,45-/m0/s1. The number of unbranched alkanes of at least 4 members (excludes halogenated alkanes) is 9. The lowest BCUT2D eigenvalue weighted by atomic mass is 10.1. The van der Waals surface area contributed by atoms with Crippen LogP contribution in [0.1, 0.15) is 148 Å². The molecule has 0 radical (unpaired) electrons. The number of rotatable bonds is 53. The van der Waals surface area contributed by atoms with Gasteiger partial charge >= 0.3 is 5.97 Å². The number of nitrogens with two attached hydrogens (primary N) is 10. The molecule has 0 spiro atoms. The molecule has 0 fully saturated rings. The molecule has 0 heterocycles. The van der Waals surface area contributed by atoms with Crippen molar-refractivity contribution in [1.82, 2.24) is 40.9 Å². The average Bonchev–Trinajstić information content (AvgIpc) is 3.50. The molecule has 0 aliphatic rings. The number of nitrogens with zero attached hydrogens (tertiary/aromatic N) is 4. The van der Waals surface area contributed by atoms with Crippen molar-refractivity contribution in [1.29, 1.82) is 0 Å². The van der Waals surface area contributed by atoms with E-state index in [1.54, 1.807) is 0 Å². The highest BCUT2D eigenvalue weighted by Gasteiger charge is 2.34. The molecular weight excluding hydrogens is 1060 g/mol. The molecule has 476 valence electrons. The molecule has 28 heteroatoms. The van der Waals surface area contributed by atoms with Crippen molar-refractivity contribution in [2.24, 2.45) is 57.3 Å². The van der Waals surface area contributed by atoms with Gasteiger partial charge in [0.05, 0.1) is 32.2 Å². The highest BCUT2D eigenvalue weighted by molar-refractivity contribution is 5.96. The second-order valence-corrected chi connectivity index (χ2v) is 20.9. The van der Waals surface area contributed by atoms with Crippen molar-refractivity contribution < 1.29 is 48.3 Å². The lowest BCUT2D eigenvalue weighted by molar-refractivity contribution is -0.144. The first-order valence-corrected chi connectivity index (χ1v) is 30.0. The van der Waals surface area contributed by atoms with Gasteiger partial charge in [-0.25, -0.2) is 4.79 Å². The lowest BCUT2D eigenvalue weighted by Crippen LogP contribution is -2.57. The predicted molar refractivity (Wildman–Crippen MR) is 317 cm³/mol. The molecule has 0 saturated heterocycles. The molecule has 0 rings (SSSR count). The number of hydrogen-bond donors (Lipinski definition) is 15. The van der Waals surface area contributed by atoms with E-state index in [1.807, 2.05) is 0 Å². The van der Waals surface area contributed by atoms with E-state index >= 15 is 0 Å². The third-order valence-corrected chi connectivity index (χ3v) is 13.7. The maximum Gasteiger partial charge on any atom is 0.326 e. The van der Waals surface area contributed by atoms with Gasteiger partial charge in [-0.2, -0.15) is 0 Å². The van der Waals surface area contributed by atoms with E-state index in [4.69, 9.17) is 57.3 Å². The fraction of sp³-hybridized carbons (Fsp3) is 0.833. The molecule has 0 aromatic heterocycles. The van der Waals surface area contributed by atoms with Crippen molar-refractivity contribution in [3.8, 4) is 0 Å². The summed E-state index contributed by atoms with van der Waals surface area (Å²) in [5, 5.41) is 20.7. The molecule has 5 atom stereocenters. The third-order valence-electron chi connectivity index (χ3n) is 13.7. The largest absolute Gasteiger partial charge is 0.480 e. The number of hydrogen-bond acceptors (Lipinski definition) is 19. The summed E-state index contributed by atoms with van der Waals surface area (Å²) in [4.78, 5) is 130. The molecule has 82 heavy (non-hydrogen) atoms. The van der Waals surface area contributed by atoms with Crippen molar-refractivity contribution in [2.75, 3.05) is 111 Å². The van der Waals surface area contributed by atoms with E-state index in [1.165, 1.54) is 19.6 Å². The van der Waals surface area contributed by atoms with Crippen LogP contribution < -0.4 is 78.6 Å². The number of carboxylic acid groups (broad SMARTS) is 1. The molecular formula is C54H110N18O10. The van der Waals surface area contributed by atoms with Gasteiger partial charge in [0.1, 0.15) is 24.2 Å². The van der Waals surface area contributed by atoms with Crippen LogP contribution in [0.3, 0.4) is 0 Å². The first-order valence-electron chi connectivity index (χ1n) is 30.0. The van der Waals surface area contributed by atoms with Crippen molar-refractivity contribution in [3.63, 3.8) is 0 Å². The second kappa shape index (κ2) is 49.3. The van der Waals surface area contributed by atoms with Gasteiger partial charge in [0.15, 0.2) is 0 Å². The van der Waals surface area contributed by atoms with E-state index in [9.17, 15) is 48.3 Å². The number of carbonyl (C=O) groups excluding carboxylic acids is 8. The van der Waals surface area contributed by atoms with Gasteiger partial charge in [0, 0.05) is 26.2 Å². The highest BCUT2D eigenvalue weighted by Crippen LogP contribution is 2.13. The van der Waals surface area contributed by atoms with E-state index in [-0.39, 0.29) is 65.0 Å². The van der Waals surface area contributed by atoms with Gasteiger partial charge in [-0.05, 0) is 200 Å². The molecule has 0 aliphatic heterocycles. The lowest BCUT2D eigenvalue weighted by Gasteiger charge is -2.31. The van der Waals surface area contributed by atoms with Crippen LogP contribution in [0, 0.1) is 0 Å². The van der Waals surface area contributed by atoms with Crippen LogP contribution in [0.25, 0.3) is 0 Å². The molecule has 28 nitrogen and oxygen atoms in total. The maximum atomic E-state index is 14.7. The van der Waals surface area contributed by atoms with Crippen molar-refractivity contribution in [2.45, 2.75) is 178 Å². The van der Waals surface area contributed by atoms with Crippen LogP contribution in [0.5, 0.6) is 0 Å². The highest BCUT2D eigenvalue weighted by atomic mass is 16.4. The molecule has 8 amide bonds. The summed E-state index contributed by atoms with van der Waals surface area (Å²) in [6, 6.07) is -5.56. The summed E-state index contributed by atoms with van der Waals surface area (Å²) < 4.78 is 0. The monoisotopic (exact) mass is 1170 g/mol. The molecule has 0 bridgehead atoms. The minimum Gasteiger partial charge on any atom is -0.480 e. The van der Waals surface area contributed by atoms with Crippen LogP contribution in [0.15, 0.2) is 0 Å². The van der Waals surface area contributed by atoms with E-state index in [2.05, 4.69) is 21.3 Å². The maximum absolute atomic E-state index is 14.7. The van der Waals surface area contributed by atoms with Crippen LogP contribution in [0.2, 0.25) is 0 Å². The van der Waals surface area contributed by atoms with E-state index in [0.29, 0.717) is 174 Å². The Morgan fingerprint density at radius 3 is 0.744 bits per heavy atom. The fourth-order valence-corrected chi connectivity index (χ4v) is 9.04. The number of carboxylic acids is 1. The Morgan fingerprint density at radius 2 is 0.500 bits per heavy atom. The van der Waals surface area contributed by atoms with Crippen LogP contribution in [-0.2, 0) is 43.2 Å². The zero-order valence-corrected chi connectivity index (χ0v) is 49.4. The van der Waals surface area contributed by atoms with Gasteiger partial charge in [0.2, 0.25) is 47.3 Å². The summed E-state index contributed by atoms with van der Waals surface area (Å²) in [5.74, 6) is -6.14. The third kappa shape index (κ3) is 35.1. The average molecular weight is 1170 g/mol. The Kier molecular flexibility index (Phi) is 46.2. The van der Waals surface area contributed by atoms with Crippen molar-refractivity contribution in [3.05, 3.63) is 0 Å². The first-order chi connectivity index (χ1) is 39.4. The van der Waals surface area contributed by atoms with Crippen LogP contribution in [0.4, 0.5) is 0 Å². The van der Waals surface area contributed by atoms with E-state index < -0.39 is 103 Å². The summed E-state index contributed by atoms with van der Waals surface area (Å²) in [7, 11) is 0. The van der Waals surface area contributed by atoms with Gasteiger partial charge < -0.3 is 103 Å². The Bertz CT molecular complexity index is 1810. The minimum atomic E-state index is -1.23. The summed E-state index contributed by atoms with van der Waals surface area (Å²) in [6.45, 7) is 1.49. The van der Waals surface area contributed by atoms with Gasteiger partial charge in [0.25, 0.3) is 0 Å². The molecule has 0 aromatic rings. The number of amides is 8. The fourth-order valence-electron chi connectivity index (χ4n) is 9.04. The van der Waals surface area contributed by atoms with E-state index in [0.717, 1.165) is 0 Å². The van der Waals surface area contributed by atoms with Gasteiger partial charge in [-0.1, -0.05) is 6.42 Å². The Morgan fingerprint density at radius 1 is 0.293 bits per heavy atom. The smallest absolute Gasteiger partial charge is 0.326 e. The quantitative estimate of drug-likeness (QED) is 0.0260. The zero-order valence-electron chi connectivity index (χ0n) is 49.4. The molecule has 0 aliphatic carbocycles. The number of carbonyl (C=O) groups is 9. The second-order valence-electron chi connectivity index (χ2n) is 20.9. The summed E-state index contributed by atoms with van der Waals surface area (Å²) in [6.07, 6.45) is 9.88. The van der Waals surface area contributed by atoms with Gasteiger partial charge in [-0.15, -0.1) is 0 Å². The number of nitrogens with one attached hydrogen (secondary N) is 4. The molecule has 0 saturated carbocycles. The Balaban J connectivity index is 6.93. The normalized spacial score (nSPS) is 13.0. The van der Waals surface area contributed by atoms with Crippen molar-refractivity contribution >= 4 is 53.2 Å². The molecule has 0 unspecified atom stereocenters. The minimum absolute atomic E-state index is 0.0457. The van der Waals surface area contributed by atoms with Gasteiger partial charge in [-0.3, -0.25) is 38.4 Å². The Labute approximate surface area is 487 Å².